The number of aryl methyl sites for hydroxylation is 1. The second-order valence-corrected chi connectivity index (χ2v) is 6.88. The fourth-order valence-corrected chi connectivity index (χ4v) is 3.48. The average molecular weight is 406 g/mol. The van der Waals surface area contributed by atoms with E-state index in [0.717, 1.165) is 16.8 Å². The van der Waals surface area contributed by atoms with Crippen molar-refractivity contribution in [2.45, 2.75) is 6.92 Å². The molecule has 0 spiro atoms. The van der Waals surface area contributed by atoms with Crippen molar-refractivity contribution in [1.29, 1.82) is 0 Å². The molecule has 0 aliphatic rings. The van der Waals surface area contributed by atoms with Gasteiger partial charge in [0.2, 0.25) is 5.43 Å². The SMILES string of the molecule is COC(=O)c1c[nH]c2nc(-c3ccccc3)c(-c3cc(C)nc(Cl)c3)cc2c1=O. The molecular formula is C22H16ClN3O3. The monoisotopic (exact) mass is 405 g/mol. The zero-order chi connectivity index (χ0) is 20.5. The lowest BCUT2D eigenvalue weighted by molar-refractivity contribution is 0.0599. The Morgan fingerprint density at radius 3 is 2.52 bits per heavy atom. The number of H-pyrrole nitrogens is 1. The standard InChI is InChI=1S/C22H16ClN3O3/c1-12-8-14(9-18(23)25-12)15-10-16-20(27)17(22(28)29-2)11-24-21(16)26-19(15)13-6-4-3-5-7-13/h3-11H,1-2H3,(H,24,26,27). The summed E-state index contributed by atoms with van der Waals surface area (Å²) in [6.45, 7) is 1.84. The molecule has 0 amide bonds. The summed E-state index contributed by atoms with van der Waals surface area (Å²) in [5.41, 5.74) is 3.64. The van der Waals surface area contributed by atoms with E-state index in [4.69, 9.17) is 21.3 Å². The fraction of sp³-hybridized carbons (Fsp3) is 0.0909. The van der Waals surface area contributed by atoms with Gasteiger partial charge >= 0.3 is 5.97 Å². The Kier molecular flexibility index (Phi) is 4.86. The van der Waals surface area contributed by atoms with Crippen LogP contribution in [0.15, 0.2) is 59.5 Å². The molecule has 0 aliphatic heterocycles. The van der Waals surface area contributed by atoms with Crippen LogP contribution in [0.25, 0.3) is 33.4 Å². The third kappa shape index (κ3) is 3.50. The van der Waals surface area contributed by atoms with E-state index >= 15 is 0 Å². The van der Waals surface area contributed by atoms with E-state index in [1.54, 1.807) is 12.1 Å². The lowest BCUT2D eigenvalue weighted by Crippen LogP contribution is -2.17. The maximum Gasteiger partial charge on any atom is 0.343 e. The van der Waals surface area contributed by atoms with Gasteiger partial charge in [-0.15, -0.1) is 0 Å². The van der Waals surface area contributed by atoms with Crippen molar-refractivity contribution in [1.82, 2.24) is 15.0 Å². The van der Waals surface area contributed by atoms with Gasteiger partial charge in [0, 0.05) is 23.0 Å². The summed E-state index contributed by atoms with van der Waals surface area (Å²) in [7, 11) is 1.23. The molecule has 0 atom stereocenters. The first-order valence-electron chi connectivity index (χ1n) is 8.82. The summed E-state index contributed by atoms with van der Waals surface area (Å²) in [6.07, 6.45) is 1.32. The van der Waals surface area contributed by atoms with Gasteiger partial charge in [0.1, 0.15) is 16.4 Å². The first-order valence-corrected chi connectivity index (χ1v) is 9.20. The van der Waals surface area contributed by atoms with Crippen LogP contribution in [0.5, 0.6) is 0 Å². The highest BCUT2D eigenvalue weighted by Gasteiger charge is 2.18. The lowest BCUT2D eigenvalue weighted by Gasteiger charge is -2.12. The Morgan fingerprint density at radius 2 is 1.83 bits per heavy atom. The number of fused-ring (bicyclic) bond motifs is 1. The first kappa shape index (κ1) is 18.8. The Labute approximate surface area is 171 Å². The quantitative estimate of drug-likeness (QED) is 0.403. The van der Waals surface area contributed by atoms with Gasteiger partial charge in [-0.05, 0) is 30.7 Å². The number of aromatic amines is 1. The number of ether oxygens (including phenoxy) is 1. The summed E-state index contributed by atoms with van der Waals surface area (Å²) < 4.78 is 4.70. The van der Waals surface area contributed by atoms with Gasteiger partial charge in [0.05, 0.1) is 18.2 Å². The number of carbonyl (C=O) groups is 1. The van der Waals surface area contributed by atoms with E-state index in [2.05, 4.69) is 9.97 Å². The molecule has 3 aromatic heterocycles. The number of hydrogen-bond acceptors (Lipinski definition) is 5. The predicted molar refractivity (Wildman–Crippen MR) is 112 cm³/mol. The molecule has 1 aromatic carbocycles. The Hall–Kier alpha value is -3.51. The second-order valence-electron chi connectivity index (χ2n) is 6.49. The van der Waals surface area contributed by atoms with Crippen molar-refractivity contribution in [2.75, 3.05) is 7.11 Å². The number of hydrogen-bond donors (Lipinski definition) is 1. The van der Waals surface area contributed by atoms with E-state index in [1.165, 1.54) is 13.3 Å². The van der Waals surface area contributed by atoms with Crippen LogP contribution in [0, 0.1) is 6.92 Å². The Balaban J connectivity index is 2.08. The maximum atomic E-state index is 12.9. The summed E-state index contributed by atoms with van der Waals surface area (Å²) in [5.74, 6) is -0.704. The van der Waals surface area contributed by atoms with Crippen LogP contribution >= 0.6 is 11.6 Å². The predicted octanol–water partition coefficient (Wildman–Crippen LogP) is 4.40. The molecule has 0 saturated carbocycles. The molecule has 0 radical (unpaired) electrons. The van der Waals surface area contributed by atoms with Crippen LogP contribution in [0.2, 0.25) is 5.15 Å². The third-order valence-corrected chi connectivity index (χ3v) is 4.74. The average Bonchev–Trinajstić information content (AvgIpc) is 2.72. The van der Waals surface area contributed by atoms with Crippen LogP contribution in [0.4, 0.5) is 0 Å². The maximum absolute atomic E-state index is 12.9. The third-order valence-electron chi connectivity index (χ3n) is 4.55. The number of halogens is 1. The smallest absolute Gasteiger partial charge is 0.343 e. The van der Waals surface area contributed by atoms with Gasteiger partial charge in [-0.25, -0.2) is 14.8 Å². The topological polar surface area (TPSA) is 84.9 Å². The molecule has 7 heteroatoms. The van der Waals surface area contributed by atoms with Crippen molar-refractivity contribution >= 4 is 28.6 Å². The number of aromatic nitrogens is 3. The van der Waals surface area contributed by atoms with Gasteiger partial charge in [0.25, 0.3) is 0 Å². The fourth-order valence-electron chi connectivity index (χ4n) is 3.23. The van der Waals surface area contributed by atoms with E-state index in [0.29, 0.717) is 22.1 Å². The molecule has 3 heterocycles. The van der Waals surface area contributed by atoms with E-state index in [9.17, 15) is 9.59 Å². The highest BCUT2D eigenvalue weighted by molar-refractivity contribution is 6.29. The Morgan fingerprint density at radius 1 is 1.07 bits per heavy atom. The van der Waals surface area contributed by atoms with Gasteiger partial charge in [0.15, 0.2) is 0 Å². The Bertz CT molecular complexity index is 1280. The largest absolute Gasteiger partial charge is 0.465 e. The van der Waals surface area contributed by atoms with Gasteiger partial charge < -0.3 is 9.72 Å². The molecule has 0 bridgehead atoms. The van der Waals surface area contributed by atoms with E-state index in [1.807, 2.05) is 43.3 Å². The van der Waals surface area contributed by atoms with Crippen LogP contribution in [-0.4, -0.2) is 28.0 Å². The summed E-state index contributed by atoms with van der Waals surface area (Å²) in [4.78, 5) is 36.7. The molecule has 6 nitrogen and oxygen atoms in total. The number of nitrogens with zero attached hydrogens (tertiary/aromatic N) is 2. The van der Waals surface area contributed by atoms with Crippen molar-refractivity contribution in [3.8, 4) is 22.4 Å². The number of nitrogens with one attached hydrogen (secondary N) is 1. The van der Waals surface area contributed by atoms with Crippen LogP contribution in [-0.2, 0) is 4.74 Å². The van der Waals surface area contributed by atoms with Crippen LogP contribution in [0.1, 0.15) is 16.1 Å². The van der Waals surface area contributed by atoms with Crippen LogP contribution in [0.3, 0.4) is 0 Å². The normalized spacial score (nSPS) is 10.9. The molecule has 4 rings (SSSR count). The molecule has 0 fully saturated rings. The minimum Gasteiger partial charge on any atom is -0.465 e. The second kappa shape index (κ2) is 7.48. The van der Waals surface area contributed by atoms with Crippen molar-refractivity contribution in [3.63, 3.8) is 0 Å². The molecule has 0 unspecified atom stereocenters. The summed E-state index contributed by atoms with van der Waals surface area (Å²) in [6, 6.07) is 14.9. The minimum atomic E-state index is -0.704. The minimum absolute atomic E-state index is 0.0795. The number of benzene rings is 1. The molecule has 4 aromatic rings. The molecule has 0 aliphatic carbocycles. The molecule has 144 valence electrons. The summed E-state index contributed by atoms with van der Waals surface area (Å²) >= 11 is 6.17. The number of pyridine rings is 3. The molecule has 1 N–H and O–H groups in total. The van der Waals surface area contributed by atoms with E-state index in [-0.39, 0.29) is 10.9 Å². The highest BCUT2D eigenvalue weighted by atomic mass is 35.5. The molecular weight excluding hydrogens is 390 g/mol. The first-order chi connectivity index (χ1) is 14.0. The summed E-state index contributed by atoms with van der Waals surface area (Å²) in [5, 5.41) is 0.629. The highest BCUT2D eigenvalue weighted by Crippen LogP contribution is 2.33. The number of carbonyl (C=O) groups excluding carboxylic acids is 1. The van der Waals surface area contributed by atoms with Crippen molar-refractivity contribution in [3.05, 3.63) is 81.4 Å². The molecule has 0 saturated heterocycles. The van der Waals surface area contributed by atoms with E-state index < -0.39 is 11.4 Å². The van der Waals surface area contributed by atoms with Crippen molar-refractivity contribution in [2.24, 2.45) is 0 Å². The lowest BCUT2D eigenvalue weighted by atomic mass is 9.98. The zero-order valence-corrected chi connectivity index (χ0v) is 16.4. The number of methoxy groups -OCH3 is 1. The van der Waals surface area contributed by atoms with Gasteiger partial charge in [-0.3, -0.25) is 4.79 Å². The van der Waals surface area contributed by atoms with Crippen LogP contribution < -0.4 is 5.43 Å². The van der Waals surface area contributed by atoms with Gasteiger partial charge in [-0.1, -0.05) is 41.9 Å². The number of esters is 1. The van der Waals surface area contributed by atoms with Crippen molar-refractivity contribution < 1.29 is 9.53 Å². The number of rotatable bonds is 3. The van der Waals surface area contributed by atoms with Gasteiger partial charge in [-0.2, -0.15) is 0 Å². The zero-order valence-electron chi connectivity index (χ0n) is 15.7. The molecule has 29 heavy (non-hydrogen) atoms.